The van der Waals surface area contributed by atoms with Crippen LogP contribution in [0.5, 0.6) is 0 Å². The number of fused-ring (bicyclic) bond motifs is 2. The standard InChI is InChI=1S/C16H7Cl7F3NO3/c17-5-2-1-4(15(24,25)26)3-6(5)27-11(28)7-8(12(29)30)14(21)10(19)9(18)13(7,20)16(14,22)23/h1-3,7-8H,(H,27,28)(H,29,30)/t7-,8-,13-,14-/m1/s1. The minimum Gasteiger partial charge on any atom is -0.481 e. The van der Waals surface area contributed by atoms with Crippen LogP contribution in [-0.2, 0) is 15.8 Å². The minimum atomic E-state index is -4.73. The third-order valence-corrected chi connectivity index (χ3v) is 9.62. The second-order valence-electron chi connectivity index (χ2n) is 6.60. The van der Waals surface area contributed by atoms with Crippen molar-refractivity contribution in [2.75, 3.05) is 5.32 Å². The normalized spacial score (nSPS) is 32.5. The van der Waals surface area contributed by atoms with Gasteiger partial charge in [0.15, 0.2) is 4.33 Å². The molecule has 0 unspecified atom stereocenters. The van der Waals surface area contributed by atoms with Crippen LogP contribution in [0.25, 0.3) is 0 Å². The summed E-state index contributed by atoms with van der Waals surface area (Å²) in [5.41, 5.74) is -1.56. The molecule has 2 aliphatic rings. The number of allylic oxidation sites excluding steroid dienone is 2. The molecule has 30 heavy (non-hydrogen) atoms. The Labute approximate surface area is 202 Å². The van der Waals surface area contributed by atoms with Gasteiger partial charge in [0.2, 0.25) is 5.91 Å². The maximum atomic E-state index is 13.0. The van der Waals surface area contributed by atoms with Gasteiger partial charge in [-0.3, -0.25) is 9.59 Å². The molecule has 0 spiro atoms. The number of amides is 1. The number of benzene rings is 1. The first kappa shape index (κ1) is 24.4. The van der Waals surface area contributed by atoms with Crippen LogP contribution in [0.2, 0.25) is 5.02 Å². The molecule has 1 aromatic carbocycles. The van der Waals surface area contributed by atoms with E-state index in [1.165, 1.54) is 0 Å². The molecule has 4 nitrogen and oxygen atoms in total. The molecule has 164 valence electrons. The highest BCUT2D eigenvalue weighted by Crippen LogP contribution is 2.76. The Hall–Kier alpha value is -0.280. The summed E-state index contributed by atoms with van der Waals surface area (Å²) >= 11 is 43.5. The van der Waals surface area contributed by atoms with Gasteiger partial charge in [0.1, 0.15) is 9.75 Å². The third kappa shape index (κ3) is 3.04. The van der Waals surface area contributed by atoms with Crippen LogP contribution in [0, 0.1) is 11.8 Å². The summed E-state index contributed by atoms with van der Waals surface area (Å²) in [6, 6.07) is 2.18. The lowest BCUT2D eigenvalue weighted by molar-refractivity contribution is -0.146. The smallest absolute Gasteiger partial charge is 0.416 e. The number of aliphatic carboxylic acids is 1. The number of carboxylic acid groups (broad SMARTS) is 1. The average Bonchev–Trinajstić information content (AvgIpc) is 2.82. The van der Waals surface area contributed by atoms with Gasteiger partial charge in [-0.25, -0.2) is 0 Å². The highest BCUT2D eigenvalue weighted by atomic mass is 35.5. The van der Waals surface area contributed by atoms with Crippen LogP contribution in [0.4, 0.5) is 18.9 Å². The first-order chi connectivity index (χ1) is 13.5. The molecular weight excluding hydrogens is 559 g/mol. The van der Waals surface area contributed by atoms with E-state index in [0.29, 0.717) is 12.1 Å². The van der Waals surface area contributed by atoms with Gasteiger partial charge >= 0.3 is 12.1 Å². The fourth-order valence-corrected chi connectivity index (χ4v) is 6.74. The number of halogens is 10. The van der Waals surface area contributed by atoms with Crippen molar-refractivity contribution >= 4 is 98.8 Å². The van der Waals surface area contributed by atoms with Crippen molar-refractivity contribution in [3.05, 3.63) is 38.8 Å². The van der Waals surface area contributed by atoms with E-state index in [1.807, 2.05) is 0 Å². The van der Waals surface area contributed by atoms with Gasteiger partial charge in [-0.15, -0.1) is 23.2 Å². The summed E-state index contributed by atoms with van der Waals surface area (Å²) in [6.45, 7) is 0. The highest BCUT2D eigenvalue weighted by Gasteiger charge is 2.85. The molecular formula is C16H7Cl7F3NO3. The van der Waals surface area contributed by atoms with E-state index in [4.69, 9.17) is 81.2 Å². The number of alkyl halides is 7. The Balaban J connectivity index is 2.10. The molecule has 14 heteroatoms. The number of hydrogen-bond donors (Lipinski definition) is 2. The molecule has 0 radical (unpaired) electrons. The van der Waals surface area contributed by atoms with Gasteiger partial charge in [0, 0.05) is 0 Å². The Morgan fingerprint density at radius 1 is 0.967 bits per heavy atom. The van der Waals surface area contributed by atoms with Crippen molar-refractivity contribution < 1.29 is 27.9 Å². The number of carboxylic acids is 1. The average molecular weight is 566 g/mol. The van der Waals surface area contributed by atoms with E-state index in [0.717, 1.165) is 6.07 Å². The summed E-state index contributed by atoms with van der Waals surface area (Å²) in [4.78, 5) is 20.4. The second kappa shape index (κ2) is 7.37. The summed E-state index contributed by atoms with van der Waals surface area (Å²) in [5, 5.41) is 10.7. The monoisotopic (exact) mass is 563 g/mol. The van der Waals surface area contributed by atoms with Crippen molar-refractivity contribution in [2.45, 2.75) is 20.3 Å². The van der Waals surface area contributed by atoms with Crippen molar-refractivity contribution in [3.8, 4) is 0 Å². The van der Waals surface area contributed by atoms with Gasteiger partial charge in [0.25, 0.3) is 0 Å². The van der Waals surface area contributed by atoms with Crippen LogP contribution in [0.1, 0.15) is 5.56 Å². The minimum absolute atomic E-state index is 0.252. The van der Waals surface area contributed by atoms with Crippen LogP contribution >= 0.6 is 81.2 Å². The molecule has 0 heterocycles. The van der Waals surface area contributed by atoms with Gasteiger partial charge in [-0.05, 0) is 18.2 Å². The third-order valence-electron chi connectivity index (χ3n) is 5.04. The zero-order valence-corrected chi connectivity index (χ0v) is 19.2. The largest absolute Gasteiger partial charge is 0.481 e. The summed E-state index contributed by atoms with van der Waals surface area (Å²) < 4.78 is 36.6. The van der Waals surface area contributed by atoms with E-state index >= 15 is 0 Å². The number of rotatable bonds is 3. The summed E-state index contributed by atoms with van der Waals surface area (Å²) in [5.74, 6) is -6.49. The molecule has 2 bridgehead atoms. The molecule has 0 saturated heterocycles. The van der Waals surface area contributed by atoms with Crippen LogP contribution in [0.15, 0.2) is 28.3 Å². The van der Waals surface area contributed by atoms with E-state index in [9.17, 15) is 27.9 Å². The maximum absolute atomic E-state index is 13.0. The van der Waals surface area contributed by atoms with Crippen LogP contribution < -0.4 is 5.32 Å². The zero-order valence-electron chi connectivity index (χ0n) is 13.9. The predicted octanol–water partition coefficient (Wildman–Crippen LogP) is 6.46. The van der Waals surface area contributed by atoms with Crippen molar-refractivity contribution in [1.29, 1.82) is 0 Å². The predicted molar refractivity (Wildman–Crippen MR) is 110 cm³/mol. The number of carbonyl (C=O) groups is 2. The Morgan fingerprint density at radius 2 is 1.47 bits per heavy atom. The lowest BCUT2D eigenvalue weighted by atomic mass is 9.81. The molecule has 2 aliphatic carbocycles. The molecule has 1 fully saturated rings. The number of anilines is 1. The molecule has 4 atom stereocenters. The fourth-order valence-electron chi connectivity index (χ4n) is 3.64. The molecule has 3 rings (SSSR count). The zero-order chi connectivity index (χ0) is 23.0. The van der Waals surface area contributed by atoms with E-state index in [-0.39, 0.29) is 5.02 Å². The maximum Gasteiger partial charge on any atom is 0.416 e. The van der Waals surface area contributed by atoms with Crippen molar-refractivity contribution in [2.24, 2.45) is 11.8 Å². The molecule has 1 aromatic rings. The van der Waals surface area contributed by atoms with E-state index in [2.05, 4.69) is 5.32 Å². The molecule has 1 saturated carbocycles. The van der Waals surface area contributed by atoms with Gasteiger partial charge < -0.3 is 10.4 Å². The van der Waals surface area contributed by atoms with Crippen LogP contribution in [0.3, 0.4) is 0 Å². The van der Waals surface area contributed by atoms with Crippen molar-refractivity contribution in [1.82, 2.24) is 0 Å². The second-order valence-corrected chi connectivity index (χ2v) is 10.3. The van der Waals surface area contributed by atoms with E-state index < -0.39 is 65.3 Å². The van der Waals surface area contributed by atoms with E-state index in [1.54, 1.807) is 0 Å². The highest BCUT2D eigenvalue weighted by molar-refractivity contribution is 6.66. The first-order valence-corrected chi connectivity index (χ1v) is 10.4. The number of hydrogen-bond acceptors (Lipinski definition) is 2. The Morgan fingerprint density at radius 3 is 1.93 bits per heavy atom. The summed E-state index contributed by atoms with van der Waals surface area (Å²) in [7, 11) is 0. The Bertz CT molecular complexity index is 999. The molecule has 1 amide bonds. The Kier molecular flexibility index (Phi) is 5.99. The van der Waals surface area contributed by atoms with Crippen LogP contribution in [-0.4, -0.2) is 31.1 Å². The molecule has 2 N–H and O–H groups in total. The lowest BCUT2D eigenvalue weighted by Gasteiger charge is -2.33. The lowest BCUT2D eigenvalue weighted by Crippen LogP contribution is -2.47. The quantitative estimate of drug-likeness (QED) is 0.413. The topological polar surface area (TPSA) is 66.4 Å². The van der Waals surface area contributed by atoms with Crippen molar-refractivity contribution in [3.63, 3.8) is 0 Å². The first-order valence-electron chi connectivity index (χ1n) is 7.75. The van der Waals surface area contributed by atoms with Gasteiger partial charge in [-0.1, -0.05) is 58.0 Å². The van der Waals surface area contributed by atoms with Gasteiger partial charge in [-0.2, -0.15) is 13.2 Å². The number of carbonyl (C=O) groups excluding carboxylic acids is 1. The number of nitrogens with one attached hydrogen (secondary N) is 1. The SMILES string of the molecule is O=C(O)[C@H]1[C@H](C(=O)Nc2cc(C(F)(F)F)ccc2Cl)[C@@]2(Cl)C(Cl)=C(Cl)[C@@]1(Cl)C2(Cl)Cl. The molecule has 0 aromatic heterocycles. The summed E-state index contributed by atoms with van der Waals surface area (Å²) in [6.07, 6.45) is -4.73. The fraction of sp³-hybridized carbons (Fsp3) is 0.375. The van der Waals surface area contributed by atoms with Gasteiger partial charge in [0.05, 0.1) is 38.2 Å². The molecule has 0 aliphatic heterocycles.